The first kappa shape index (κ1) is 16.2. The molecule has 0 radical (unpaired) electrons. The zero-order valence-electron chi connectivity index (χ0n) is 13.9. The largest absolute Gasteiger partial charge is 0.489 e. The van der Waals surface area contributed by atoms with Crippen LogP contribution in [-0.4, -0.2) is 9.97 Å². The Hall–Kier alpha value is -2.66. The van der Waals surface area contributed by atoms with Crippen molar-refractivity contribution in [1.82, 2.24) is 15.3 Å². The van der Waals surface area contributed by atoms with Crippen molar-refractivity contribution in [2.75, 3.05) is 0 Å². The van der Waals surface area contributed by atoms with Gasteiger partial charge in [0.1, 0.15) is 18.1 Å². The van der Waals surface area contributed by atoms with Gasteiger partial charge < -0.3 is 14.5 Å². The van der Waals surface area contributed by atoms with Crippen molar-refractivity contribution in [1.29, 1.82) is 0 Å². The number of hydrogen-bond acceptors (Lipinski definition) is 5. The molecule has 0 saturated carbocycles. The fourth-order valence-electron chi connectivity index (χ4n) is 2.36. The monoisotopic (exact) mass is 323 g/mol. The number of oxazole rings is 1. The van der Waals surface area contributed by atoms with Gasteiger partial charge in [-0.05, 0) is 26.0 Å². The molecule has 0 bridgehead atoms. The molecule has 0 aliphatic rings. The number of aromatic nitrogens is 2. The molecule has 1 atom stereocenters. The Balaban J connectivity index is 1.61. The van der Waals surface area contributed by atoms with Crippen molar-refractivity contribution in [3.8, 4) is 5.75 Å². The number of ether oxygens (including phenoxy) is 1. The molecule has 0 aliphatic heterocycles. The van der Waals surface area contributed by atoms with Gasteiger partial charge in [-0.15, -0.1) is 0 Å². The molecule has 1 aromatic carbocycles. The Bertz CT molecular complexity index is 771. The van der Waals surface area contributed by atoms with Crippen molar-refractivity contribution in [3.63, 3.8) is 0 Å². The maximum Gasteiger partial charge on any atom is 0.211 e. The van der Waals surface area contributed by atoms with Crippen LogP contribution in [0.1, 0.15) is 35.7 Å². The number of pyridine rings is 1. The molecule has 0 saturated heterocycles. The van der Waals surface area contributed by atoms with Crippen LogP contribution in [0.5, 0.6) is 5.75 Å². The van der Waals surface area contributed by atoms with Crippen molar-refractivity contribution >= 4 is 0 Å². The SMILES string of the molecule is Cc1cnc([C@@H](C)NCc2ccccc2OCc2cccnc2)o1. The summed E-state index contributed by atoms with van der Waals surface area (Å²) in [5.74, 6) is 2.38. The normalized spacial score (nSPS) is 12.1. The van der Waals surface area contributed by atoms with Crippen LogP contribution in [0.2, 0.25) is 0 Å². The minimum Gasteiger partial charge on any atom is -0.489 e. The summed E-state index contributed by atoms with van der Waals surface area (Å²) in [6.07, 6.45) is 5.31. The van der Waals surface area contributed by atoms with E-state index in [-0.39, 0.29) is 6.04 Å². The predicted octanol–water partition coefficient (Wildman–Crippen LogP) is 3.81. The quantitative estimate of drug-likeness (QED) is 0.716. The van der Waals surface area contributed by atoms with E-state index in [9.17, 15) is 0 Å². The van der Waals surface area contributed by atoms with Gasteiger partial charge in [0.25, 0.3) is 0 Å². The average Bonchev–Trinajstić information content (AvgIpc) is 3.06. The van der Waals surface area contributed by atoms with Crippen molar-refractivity contribution in [2.45, 2.75) is 33.0 Å². The van der Waals surface area contributed by atoms with Gasteiger partial charge in [0.2, 0.25) is 5.89 Å². The van der Waals surface area contributed by atoms with Crippen LogP contribution < -0.4 is 10.1 Å². The highest BCUT2D eigenvalue weighted by Gasteiger charge is 2.12. The summed E-state index contributed by atoms with van der Waals surface area (Å²) in [7, 11) is 0. The molecule has 3 aromatic rings. The molecule has 124 valence electrons. The van der Waals surface area contributed by atoms with E-state index in [4.69, 9.17) is 9.15 Å². The van der Waals surface area contributed by atoms with Gasteiger partial charge in [0.05, 0.1) is 12.2 Å². The number of para-hydroxylation sites is 1. The summed E-state index contributed by atoms with van der Waals surface area (Å²) < 4.78 is 11.5. The molecular formula is C19H21N3O2. The molecule has 1 N–H and O–H groups in total. The molecule has 5 heteroatoms. The maximum atomic E-state index is 5.95. The maximum absolute atomic E-state index is 5.95. The Labute approximate surface area is 141 Å². The third-order valence-corrected chi connectivity index (χ3v) is 3.70. The van der Waals surface area contributed by atoms with Crippen LogP contribution in [0.3, 0.4) is 0 Å². The van der Waals surface area contributed by atoms with Crippen LogP contribution in [0.25, 0.3) is 0 Å². The van der Waals surface area contributed by atoms with Gasteiger partial charge in [-0.2, -0.15) is 0 Å². The van der Waals surface area contributed by atoms with E-state index in [2.05, 4.69) is 21.4 Å². The fraction of sp³-hybridized carbons (Fsp3) is 0.263. The third-order valence-electron chi connectivity index (χ3n) is 3.70. The lowest BCUT2D eigenvalue weighted by atomic mass is 10.2. The number of benzene rings is 1. The van der Waals surface area contributed by atoms with Crippen molar-refractivity contribution < 1.29 is 9.15 Å². The van der Waals surface area contributed by atoms with Gasteiger partial charge in [-0.3, -0.25) is 4.98 Å². The molecule has 0 spiro atoms. The first-order chi connectivity index (χ1) is 11.7. The molecule has 3 rings (SSSR count). The van der Waals surface area contributed by atoms with Gasteiger partial charge in [0, 0.05) is 30.1 Å². The van der Waals surface area contributed by atoms with E-state index >= 15 is 0 Å². The first-order valence-corrected chi connectivity index (χ1v) is 7.97. The second-order valence-corrected chi connectivity index (χ2v) is 5.67. The lowest BCUT2D eigenvalue weighted by molar-refractivity contribution is 0.300. The van der Waals surface area contributed by atoms with Gasteiger partial charge in [0.15, 0.2) is 0 Å². The van der Waals surface area contributed by atoms with Gasteiger partial charge in [-0.25, -0.2) is 4.98 Å². The van der Waals surface area contributed by atoms with Crippen LogP contribution in [-0.2, 0) is 13.2 Å². The number of nitrogens with zero attached hydrogens (tertiary/aromatic N) is 2. The minimum absolute atomic E-state index is 0.0325. The molecule has 24 heavy (non-hydrogen) atoms. The second-order valence-electron chi connectivity index (χ2n) is 5.67. The van der Waals surface area contributed by atoms with E-state index < -0.39 is 0 Å². The minimum atomic E-state index is 0.0325. The standard InChI is InChI=1S/C19H21N3O2/c1-14-10-22-19(24-14)15(2)21-12-17-7-3-4-8-18(17)23-13-16-6-5-9-20-11-16/h3-11,15,21H,12-13H2,1-2H3/t15-/m1/s1. The summed E-state index contributed by atoms with van der Waals surface area (Å²) in [4.78, 5) is 8.36. The van der Waals surface area contributed by atoms with E-state index in [1.54, 1.807) is 12.4 Å². The molecule has 2 heterocycles. The summed E-state index contributed by atoms with van der Waals surface area (Å²) in [6.45, 7) is 5.10. The summed E-state index contributed by atoms with van der Waals surface area (Å²) in [6, 6.07) is 12.0. The second kappa shape index (κ2) is 7.75. The number of hydrogen-bond donors (Lipinski definition) is 1. The van der Waals surface area contributed by atoms with Gasteiger partial charge >= 0.3 is 0 Å². The summed E-state index contributed by atoms with van der Waals surface area (Å²) >= 11 is 0. The Morgan fingerprint density at radius 3 is 2.79 bits per heavy atom. The molecule has 5 nitrogen and oxygen atoms in total. The average molecular weight is 323 g/mol. The Kier molecular flexibility index (Phi) is 5.23. The highest BCUT2D eigenvalue weighted by molar-refractivity contribution is 5.33. The highest BCUT2D eigenvalue weighted by Crippen LogP contribution is 2.21. The lowest BCUT2D eigenvalue weighted by Crippen LogP contribution is -2.18. The summed E-state index contributed by atoms with van der Waals surface area (Å²) in [5.41, 5.74) is 2.14. The van der Waals surface area contributed by atoms with E-state index in [1.807, 2.05) is 50.4 Å². The zero-order valence-corrected chi connectivity index (χ0v) is 13.9. The molecule has 2 aromatic heterocycles. The topological polar surface area (TPSA) is 60.2 Å². The molecule has 0 unspecified atom stereocenters. The first-order valence-electron chi connectivity index (χ1n) is 7.97. The smallest absolute Gasteiger partial charge is 0.211 e. The van der Waals surface area contributed by atoms with Crippen LogP contribution >= 0.6 is 0 Å². The van der Waals surface area contributed by atoms with Crippen LogP contribution in [0.4, 0.5) is 0 Å². The third kappa shape index (κ3) is 4.20. The van der Waals surface area contributed by atoms with Crippen LogP contribution in [0.15, 0.2) is 59.4 Å². The number of rotatable bonds is 7. The zero-order chi connectivity index (χ0) is 16.8. The van der Waals surface area contributed by atoms with Gasteiger partial charge in [-0.1, -0.05) is 24.3 Å². The summed E-state index contributed by atoms with van der Waals surface area (Å²) in [5, 5.41) is 3.42. The molecule has 0 aliphatic carbocycles. The van der Waals surface area contributed by atoms with Crippen molar-refractivity contribution in [3.05, 3.63) is 77.8 Å². The molecule has 0 amide bonds. The Morgan fingerprint density at radius 1 is 1.17 bits per heavy atom. The lowest BCUT2D eigenvalue weighted by Gasteiger charge is -2.14. The predicted molar refractivity (Wildman–Crippen MR) is 91.5 cm³/mol. The number of aryl methyl sites for hydroxylation is 1. The van der Waals surface area contributed by atoms with Crippen LogP contribution in [0, 0.1) is 6.92 Å². The van der Waals surface area contributed by atoms with Crippen molar-refractivity contribution in [2.24, 2.45) is 0 Å². The van der Waals surface area contributed by atoms with E-state index in [0.717, 1.165) is 22.6 Å². The number of nitrogens with one attached hydrogen (secondary N) is 1. The van der Waals surface area contributed by atoms with E-state index in [1.165, 1.54) is 0 Å². The fourth-order valence-corrected chi connectivity index (χ4v) is 2.36. The molecule has 0 fully saturated rings. The molecular weight excluding hydrogens is 302 g/mol. The highest BCUT2D eigenvalue weighted by atomic mass is 16.5. The Morgan fingerprint density at radius 2 is 2.04 bits per heavy atom. The van der Waals surface area contributed by atoms with E-state index in [0.29, 0.717) is 19.0 Å².